The second kappa shape index (κ2) is 6.14. The van der Waals surface area contributed by atoms with Gasteiger partial charge in [-0.05, 0) is 36.4 Å². The van der Waals surface area contributed by atoms with Crippen molar-refractivity contribution in [1.29, 1.82) is 0 Å². The number of nitrogens with one attached hydrogen (secondary N) is 1. The minimum Gasteiger partial charge on any atom is -0.316 e. The molecule has 2 rings (SSSR count). The van der Waals surface area contributed by atoms with Gasteiger partial charge in [0.1, 0.15) is 0 Å². The Morgan fingerprint density at radius 3 is 2.53 bits per heavy atom. The van der Waals surface area contributed by atoms with Crippen molar-refractivity contribution in [3.05, 3.63) is 35.4 Å². The molecule has 0 spiro atoms. The fourth-order valence-electron chi connectivity index (χ4n) is 2.18. The molecule has 1 nitrogen and oxygen atoms in total. The molecule has 1 saturated heterocycles. The lowest BCUT2D eigenvalue weighted by Crippen LogP contribution is -2.07. The molecule has 0 amide bonds. The van der Waals surface area contributed by atoms with Gasteiger partial charge in [-0.1, -0.05) is 37.6 Å². The number of aryl methyl sites for hydroxylation is 1. The van der Waals surface area contributed by atoms with E-state index in [1.807, 2.05) is 0 Å². The van der Waals surface area contributed by atoms with E-state index in [1.165, 1.54) is 36.9 Å². The average Bonchev–Trinajstić information content (AvgIpc) is 2.72. The van der Waals surface area contributed by atoms with Gasteiger partial charge in [0.15, 0.2) is 0 Å². The Labute approximate surface area is 98.7 Å². The SMILES string of the molecule is CCCc1ccc(C2CCNC2)cc1.Cl. The summed E-state index contributed by atoms with van der Waals surface area (Å²) in [6.07, 6.45) is 3.75. The van der Waals surface area contributed by atoms with Crippen LogP contribution in [0.2, 0.25) is 0 Å². The van der Waals surface area contributed by atoms with Crippen LogP contribution in [0.15, 0.2) is 24.3 Å². The van der Waals surface area contributed by atoms with Crippen LogP contribution in [0.3, 0.4) is 0 Å². The first-order chi connectivity index (χ1) is 6.90. The maximum atomic E-state index is 3.41. The minimum absolute atomic E-state index is 0. The highest BCUT2D eigenvalue weighted by molar-refractivity contribution is 5.85. The Bertz CT molecular complexity index is 275. The highest BCUT2D eigenvalue weighted by Gasteiger charge is 2.15. The van der Waals surface area contributed by atoms with Gasteiger partial charge in [-0.15, -0.1) is 12.4 Å². The van der Waals surface area contributed by atoms with E-state index in [-0.39, 0.29) is 12.4 Å². The van der Waals surface area contributed by atoms with Crippen LogP contribution >= 0.6 is 12.4 Å². The van der Waals surface area contributed by atoms with Gasteiger partial charge in [0.05, 0.1) is 0 Å². The van der Waals surface area contributed by atoms with Gasteiger partial charge in [0, 0.05) is 6.54 Å². The lowest BCUT2D eigenvalue weighted by molar-refractivity contribution is 0.762. The first-order valence-electron chi connectivity index (χ1n) is 5.69. The zero-order chi connectivity index (χ0) is 9.80. The Balaban J connectivity index is 0.00000112. The highest BCUT2D eigenvalue weighted by atomic mass is 35.5. The summed E-state index contributed by atoms with van der Waals surface area (Å²) in [6, 6.07) is 9.19. The molecule has 0 saturated carbocycles. The lowest BCUT2D eigenvalue weighted by atomic mass is 9.96. The number of hydrogen-bond acceptors (Lipinski definition) is 1. The van der Waals surface area contributed by atoms with Crippen molar-refractivity contribution in [2.45, 2.75) is 32.1 Å². The standard InChI is InChI=1S/C13H19N.ClH/c1-2-3-11-4-6-12(7-5-11)13-8-9-14-10-13;/h4-7,13-14H,2-3,8-10H2,1H3;1H. The summed E-state index contributed by atoms with van der Waals surface area (Å²) in [5, 5.41) is 3.41. The van der Waals surface area contributed by atoms with Crippen LogP contribution < -0.4 is 5.32 Å². The molecule has 0 radical (unpaired) electrons. The lowest BCUT2D eigenvalue weighted by Gasteiger charge is -2.09. The van der Waals surface area contributed by atoms with Gasteiger partial charge in [0.25, 0.3) is 0 Å². The van der Waals surface area contributed by atoms with Gasteiger partial charge >= 0.3 is 0 Å². The van der Waals surface area contributed by atoms with Crippen molar-refractivity contribution in [2.75, 3.05) is 13.1 Å². The van der Waals surface area contributed by atoms with Crippen molar-refractivity contribution in [3.8, 4) is 0 Å². The molecular formula is C13H20ClN. The summed E-state index contributed by atoms with van der Waals surface area (Å²) in [5.74, 6) is 0.755. The Kier molecular flexibility index (Phi) is 5.13. The molecule has 1 aliphatic rings. The maximum absolute atomic E-state index is 3.41. The third kappa shape index (κ3) is 3.22. The monoisotopic (exact) mass is 225 g/mol. The molecule has 1 fully saturated rings. The van der Waals surface area contributed by atoms with E-state index in [0.29, 0.717) is 0 Å². The molecule has 1 atom stereocenters. The molecule has 1 N–H and O–H groups in total. The Morgan fingerprint density at radius 1 is 1.27 bits per heavy atom. The summed E-state index contributed by atoms with van der Waals surface area (Å²) < 4.78 is 0. The summed E-state index contributed by atoms with van der Waals surface area (Å²) in [6.45, 7) is 4.57. The molecule has 1 aromatic rings. The first-order valence-corrected chi connectivity index (χ1v) is 5.69. The van der Waals surface area contributed by atoms with Gasteiger partial charge in [-0.2, -0.15) is 0 Å². The summed E-state index contributed by atoms with van der Waals surface area (Å²) in [7, 11) is 0. The van der Waals surface area contributed by atoms with E-state index in [1.54, 1.807) is 0 Å². The van der Waals surface area contributed by atoms with Gasteiger partial charge in [-0.25, -0.2) is 0 Å². The Hall–Kier alpha value is -0.530. The first kappa shape index (κ1) is 12.5. The smallest absolute Gasteiger partial charge is 0.00206 e. The molecule has 1 aromatic carbocycles. The molecule has 2 heteroatoms. The zero-order valence-corrected chi connectivity index (χ0v) is 10.1. The largest absolute Gasteiger partial charge is 0.316 e. The van der Waals surface area contributed by atoms with Crippen LogP contribution in [0.1, 0.15) is 36.8 Å². The van der Waals surface area contributed by atoms with Crippen molar-refractivity contribution >= 4 is 12.4 Å². The van der Waals surface area contributed by atoms with Gasteiger partial charge in [-0.3, -0.25) is 0 Å². The predicted octanol–water partition coefficient (Wildman–Crippen LogP) is 3.14. The van der Waals surface area contributed by atoms with Crippen LogP contribution in [0.25, 0.3) is 0 Å². The van der Waals surface area contributed by atoms with Gasteiger partial charge in [0.2, 0.25) is 0 Å². The third-order valence-corrected chi connectivity index (χ3v) is 3.05. The number of benzene rings is 1. The fourth-order valence-corrected chi connectivity index (χ4v) is 2.18. The molecule has 15 heavy (non-hydrogen) atoms. The molecule has 1 heterocycles. The normalized spacial score (nSPS) is 19.9. The molecule has 0 aliphatic carbocycles. The second-order valence-corrected chi connectivity index (χ2v) is 4.18. The summed E-state index contributed by atoms with van der Waals surface area (Å²) >= 11 is 0. The van der Waals surface area contributed by atoms with E-state index < -0.39 is 0 Å². The molecule has 0 aromatic heterocycles. The van der Waals surface area contributed by atoms with Crippen LogP contribution in [0.4, 0.5) is 0 Å². The van der Waals surface area contributed by atoms with Crippen LogP contribution in [0.5, 0.6) is 0 Å². The fraction of sp³-hybridized carbons (Fsp3) is 0.538. The van der Waals surface area contributed by atoms with E-state index in [4.69, 9.17) is 0 Å². The van der Waals surface area contributed by atoms with Crippen LogP contribution in [-0.2, 0) is 6.42 Å². The predicted molar refractivity (Wildman–Crippen MR) is 67.9 cm³/mol. The van der Waals surface area contributed by atoms with E-state index in [0.717, 1.165) is 12.5 Å². The van der Waals surface area contributed by atoms with E-state index in [9.17, 15) is 0 Å². The quantitative estimate of drug-likeness (QED) is 0.834. The topological polar surface area (TPSA) is 12.0 Å². The summed E-state index contributed by atoms with van der Waals surface area (Å²) in [4.78, 5) is 0. The third-order valence-electron chi connectivity index (χ3n) is 3.05. The molecule has 0 bridgehead atoms. The Morgan fingerprint density at radius 2 is 2.00 bits per heavy atom. The zero-order valence-electron chi connectivity index (χ0n) is 9.33. The number of rotatable bonds is 3. The van der Waals surface area contributed by atoms with E-state index in [2.05, 4.69) is 36.5 Å². The summed E-state index contributed by atoms with van der Waals surface area (Å²) in [5.41, 5.74) is 2.98. The second-order valence-electron chi connectivity index (χ2n) is 4.18. The van der Waals surface area contributed by atoms with Crippen molar-refractivity contribution < 1.29 is 0 Å². The average molecular weight is 226 g/mol. The molecular weight excluding hydrogens is 206 g/mol. The van der Waals surface area contributed by atoms with Crippen LogP contribution in [0, 0.1) is 0 Å². The van der Waals surface area contributed by atoms with Crippen molar-refractivity contribution in [1.82, 2.24) is 5.32 Å². The van der Waals surface area contributed by atoms with Crippen molar-refractivity contribution in [2.24, 2.45) is 0 Å². The van der Waals surface area contributed by atoms with E-state index >= 15 is 0 Å². The van der Waals surface area contributed by atoms with Crippen molar-refractivity contribution in [3.63, 3.8) is 0 Å². The maximum Gasteiger partial charge on any atom is 0.00206 e. The number of halogens is 1. The molecule has 1 aliphatic heterocycles. The number of hydrogen-bond donors (Lipinski definition) is 1. The van der Waals surface area contributed by atoms with Crippen LogP contribution in [-0.4, -0.2) is 13.1 Å². The molecule has 84 valence electrons. The highest BCUT2D eigenvalue weighted by Crippen LogP contribution is 2.22. The van der Waals surface area contributed by atoms with Gasteiger partial charge < -0.3 is 5.32 Å². The minimum atomic E-state index is 0. The molecule has 1 unspecified atom stereocenters.